The summed E-state index contributed by atoms with van der Waals surface area (Å²) >= 11 is 0. The number of halogens is 2. The zero-order valence-corrected chi connectivity index (χ0v) is 14.5. The average Bonchev–Trinajstić information content (AvgIpc) is 2.58. The van der Waals surface area contributed by atoms with E-state index in [1.807, 2.05) is 0 Å². The number of sulfone groups is 1. The van der Waals surface area contributed by atoms with Crippen LogP contribution in [-0.2, 0) is 16.4 Å². The van der Waals surface area contributed by atoms with E-state index < -0.39 is 16.4 Å². The Morgan fingerprint density at radius 2 is 1.96 bits per heavy atom. The van der Waals surface area contributed by atoms with Gasteiger partial charge in [-0.15, -0.1) is 0 Å². The number of ether oxygens (including phenoxy) is 1. The molecule has 0 saturated heterocycles. The largest absolute Gasteiger partial charge is 0.435 e. The van der Waals surface area contributed by atoms with Gasteiger partial charge in [-0.05, 0) is 35.9 Å². The maximum atomic E-state index is 12.3. The van der Waals surface area contributed by atoms with Gasteiger partial charge in [0, 0.05) is 18.2 Å². The number of hydrogen-bond donors (Lipinski definition) is 1. The number of fused-ring (bicyclic) bond motifs is 1. The number of nitrogens with zero attached hydrogens (tertiary/aromatic N) is 2. The standard InChI is InChI=1S/C17H15F2N3O3S/c1-26(23,24)13-5-6-15-14(8-13)16(22-10-21-15)20-9-11-3-2-4-12(7-11)25-17(18)19/h2-8,10,17H,9H2,1H3,(H,20,21,22). The Labute approximate surface area is 148 Å². The highest BCUT2D eigenvalue weighted by molar-refractivity contribution is 7.90. The van der Waals surface area contributed by atoms with E-state index in [4.69, 9.17) is 0 Å². The van der Waals surface area contributed by atoms with Gasteiger partial charge in [0.05, 0.1) is 10.4 Å². The zero-order valence-electron chi connectivity index (χ0n) is 13.7. The summed E-state index contributed by atoms with van der Waals surface area (Å²) < 4.78 is 52.5. The van der Waals surface area contributed by atoms with Crippen molar-refractivity contribution in [3.8, 4) is 5.75 Å². The monoisotopic (exact) mass is 379 g/mol. The molecule has 1 N–H and O–H groups in total. The number of anilines is 1. The van der Waals surface area contributed by atoms with Crippen molar-refractivity contribution in [2.45, 2.75) is 18.1 Å². The van der Waals surface area contributed by atoms with Crippen molar-refractivity contribution in [1.82, 2.24) is 9.97 Å². The summed E-state index contributed by atoms with van der Waals surface area (Å²) in [6.07, 6.45) is 2.49. The molecule has 0 fully saturated rings. The van der Waals surface area contributed by atoms with Crippen molar-refractivity contribution in [2.24, 2.45) is 0 Å². The lowest BCUT2D eigenvalue weighted by atomic mass is 10.2. The number of alkyl halides is 2. The highest BCUT2D eigenvalue weighted by Gasteiger charge is 2.11. The van der Waals surface area contributed by atoms with Crippen LogP contribution in [0.1, 0.15) is 5.56 Å². The molecule has 0 radical (unpaired) electrons. The van der Waals surface area contributed by atoms with Crippen LogP contribution in [-0.4, -0.2) is 31.3 Å². The number of nitrogens with one attached hydrogen (secondary N) is 1. The predicted octanol–water partition coefficient (Wildman–Crippen LogP) is 3.25. The Hall–Kier alpha value is -2.81. The van der Waals surface area contributed by atoms with Gasteiger partial charge >= 0.3 is 6.61 Å². The van der Waals surface area contributed by atoms with Gasteiger partial charge in [0.25, 0.3) is 0 Å². The topological polar surface area (TPSA) is 81.2 Å². The van der Waals surface area contributed by atoms with Crippen LogP contribution in [0.5, 0.6) is 5.75 Å². The highest BCUT2D eigenvalue weighted by atomic mass is 32.2. The molecule has 0 aliphatic heterocycles. The van der Waals surface area contributed by atoms with Gasteiger partial charge in [0.1, 0.15) is 17.9 Å². The fraction of sp³-hybridized carbons (Fsp3) is 0.176. The molecule has 0 spiro atoms. The van der Waals surface area contributed by atoms with Crippen LogP contribution < -0.4 is 10.1 Å². The molecule has 136 valence electrons. The SMILES string of the molecule is CS(=O)(=O)c1ccc2ncnc(NCc3cccc(OC(F)F)c3)c2c1. The Morgan fingerprint density at radius 3 is 2.69 bits per heavy atom. The molecule has 26 heavy (non-hydrogen) atoms. The van der Waals surface area contributed by atoms with Crippen molar-refractivity contribution >= 4 is 26.6 Å². The van der Waals surface area contributed by atoms with E-state index in [1.165, 1.54) is 30.6 Å². The molecule has 6 nitrogen and oxygen atoms in total. The van der Waals surface area contributed by atoms with Gasteiger partial charge < -0.3 is 10.1 Å². The molecule has 9 heteroatoms. The molecule has 0 atom stereocenters. The maximum absolute atomic E-state index is 12.3. The van der Waals surface area contributed by atoms with E-state index in [0.717, 1.165) is 6.26 Å². The first kappa shape index (κ1) is 18.0. The molecule has 1 heterocycles. The van der Waals surface area contributed by atoms with Crippen LogP contribution >= 0.6 is 0 Å². The molecule has 1 aromatic heterocycles. The van der Waals surface area contributed by atoms with Crippen LogP contribution in [0.2, 0.25) is 0 Å². The first-order chi connectivity index (χ1) is 12.3. The molecule has 2 aromatic carbocycles. The van der Waals surface area contributed by atoms with E-state index in [-0.39, 0.29) is 17.2 Å². The molecule has 0 bridgehead atoms. The fourth-order valence-corrected chi connectivity index (χ4v) is 3.07. The van der Waals surface area contributed by atoms with Crippen molar-refractivity contribution in [3.05, 3.63) is 54.4 Å². The smallest absolute Gasteiger partial charge is 0.387 e. The van der Waals surface area contributed by atoms with Crippen LogP contribution in [0.15, 0.2) is 53.7 Å². The summed E-state index contributed by atoms with van der Waals surface area (Å²) in [5.74, 6) is 0.506. The Bertz CT molecular complexity index is 1040. The molecule has 0 amide bonds. The number of rotatable bonds is 6. The lowest BCUT2D eigenvalue weighted by Gasteiger charge is -2.10. The van der Waals surface area contributed by atoms with E-state index in [1.54, 1.807) is 18.2 Å². The average molecular weight is 379 g/mol. The maximum Gasteiger partial charge on any atom is 0.387 e. The third-order valence-corrected chi connectivity index (χ3v) is 4.73. The number of aromatic nitrogens is 2. The lowest BCUT2D eigenvalue weighted by Crippen LogP contribution is -2.05. The Morgan fingerprint density at radius 1 is 1.15 bits per heavy atom. The second-order valence-corrected chi connectivity index (χ2v) is 7.57. The summed E-state index contributed by atoms with van der Waals surface area (Å²) in [4.78, 5) is 8.43. The summed E-state index contributed by atoms with van der Waals surface area (Å²) in [5, 5.41) is 3.63. The number of benzene rings is 2. The molecule has 0 aliphatic rings. The van der Waals surface area contributed by atoms with Crippen molar-refractivity contribution in [1.29, 1.82) is 0 Å². The van der Waals surface area contributed by atoms with Gasteiger partial charge in [-0.25, -0.2) is 18.4 Å². The quantitative estimate of drug-likeness (QED) is 0.708. The van der Waals surface area contributed by atoms with Crippen molar-refractivity contribution < 1.29 is 21.9 Å². The van der Waals surface area contributed by atoms with Crippen LogP contribution in [0.25, 0.3) is 10.9 Å². The van der Waals surface area contributed by atoms with E-state index in [9.17, 15) is 17.2 Å². The van der Waals surface area contributed by atoms with Crippen LogP contribution in [0.3, 0.4) is 0 Å². The van der Waals surface area contributed by atoms with Gasteiger partial charge in [0.15, 0.2) is 9.84 Å². The normalized spacial score (nSPS) is 11.7. The first-order valence-corrected chi connectivity index (χ1v) is 9.44. The second-order valence-electron chi connectivity index (χ2n) is 5.55. The molecule has 0 aliphatic carbocycles. The molecule has 0 saturated carbocycles. The third-order valence-electron chi connectivity index (χ3n) is 3.62. The summed E-state index contributed by atoms with van der Waals surface area (Å²) in [6.45, 7) is -2.60. The summed E-state index contributed by atoms with van der Waals surface area (Å²) in [7, 11) is -3.37. The molecular weight excluding hydrogens is 364 g/mol. The van der Waals surface area contributed by atoms with Crippen molar-refractivity contribution in [3.63, 3.8) is 0 Å². The second kappa shape index (κ2) is 7.20. The van der Waals surface area contributed by atoms with Gasteiger partial charge in [0.2, 0.25) is 0 Å². The van der Waals surface area contributed by atoms with Crippen LogP contribution in [0.4, 0.5) is 14.6 Å². The third kappa shape index (κ3) is 4.23. The first-order valence-electron chi connectivity index (χ1n) is 7.55. The Balaban J connectivity index is 1.87. The fourth-order valence-electron chi connectivity index (χ4n) is 2.42. The minimum atomic E-state index is -3.37. The summed E-state index contributed by atoms with van der Waals surface area (Å²) in [6, 6.07) is 10.9. The van der Waals surface area contributed by atoms with Crippen LogP contribution in [0, 0.1) is 0 Å². The van der Waals surface area contributed by atoms with Gasteiger partial charge in [-0.3, -0.25) is 0 Å². The van der Waals surface area contributed by atoms with E-state index in [2.05, 4.69) is 20.0 Å². The minimum absolute atomic E-state index is 0.0613. The Kier molecular flexibility index (Phi) is 4.99. The molecule has 3 rings (SSSR count). The zero-order chi connectivity index (χ0) is 18.7. The summed E-state index contributed by atoms with van der Waals surface area (Å²) in [5.41, 5.74) is 1.29. The molecule has 3 aromatic rings. The van der Waals surface area contributed by atoms with Gasteiger partial charge in [-0.2, -0.15) is 8.78 Å². The number of hydrogen-bond acceptors (Lipinski definition) is 6. The van der Waals surface area contributed by atoms with Crippen molar-refractivity contribution in [2.75, 3.05) is 11.6 Å². The minimum Gasteiger partial charge on any atom is -0.435 e. The van der Waals surface area contributed by atoms with E-state index >= 15 is 0 Å². The van der Waals surface area contributed by atoms with E-state index in [0.29, 0.717) is 22.3 Å². The highest BCUT2D eigenvalue weighted by Crippen LogP contribution is 2.24. The predicted molar refractivity (Wildman–Crippen MR) is 93.0 cm³/mol. The molecular formula is C17H15F2N3O3S. The molecule has 0 unspecified atom stereocenters. The van der Waals surface area contributed by atoms with Gasteiger partial charge in [-0.1, -0.05) is 12.1 Å². The lowest BCUT2D eigenvalue weighted by molar-refractivity contribution is -0.0498.